The number of rotatable bonds is 7. The summed E-state index contributed by atoms with van der Waals surface area (Å²) in [7, 11) is 1.65. The lowest BCUT2D eigenvalue weighted by atomic mass is 10.1. The van der Waals surface area contributed by atoms with E-state index in [9.17, 15) is 9.59 Å². The quantitative estimate of drug-likeness (QED) is 0.556. The second kappa shape index (κ2) is 9.39. The largest absolute Gasteiger partial charge is 0.398 e. The van der Waals surface area contributed by atoms with Crippen molar-refractivity contribution in [1.82, 2.24) is 15.1 Å². The molecule has 1 atom stereocenters. The number of ether oxygens (including phenoxy) is 1. The van der Waals surface area contributed by atoms with Gasteiger partial charge in [0.25, 0.3) is 5.91 Å². The molecule has 1 aliphatic heterocycles. The van der Waals surface area contributed by atoms with Crippen LogP contribution in [-0.2, 0) is 9.53 Å². The van der Waals surface area contributed by atoms with E-state index in [0.717, 1.165) is 6.42 Å². The first-order valence-corrected chi connectivity index (χ1v) is 8.69. The van der Waals surface area contributed by atoms with E-state index >= 15 is 0 Å². The van der Waals surface area contributed by atoms with Crippen molar-refractivity contribution in [3.63, 3.8) is 0 Å². The summed E-state index contributed by atoms with van der Waals surface area (Å²) in [6.07, 6.45) is 0.801. The number of hydrogen-bond acceptors (Lipinski definition) is 5. The number of amides is 2. The van der Waals surface area contributed by atoms with Gasteiger partial charge in [-0.25, -0.2) is 0 Å². The van der Waals surface area contributed by atoms with Gasteiger partial charge >= 0.3 is 0 Å². The molecular formula is C18H28N4O3. The van der Waals surface area contributed by atoms with Crippen molar-refractivity contribution >= 4 is 17.5 Å². The van der Waals surface area contributed by atoms with E-state index in [1.807, 2.05) is 19.1 Å². The van der Waals surface area contributed by atoms with E-state index in [1.54, 1.807) is 24.1 Å². The van der Waals surface area contributed by atoms with Crippen molar-refractivity contribution in [3.8, 4) is 0 Å². The molecule has 0 bridgehead atoms. The van der Waals surface area contributed by atoms with Gasteiger partial charge in [0.1, 0.15) is 0 Å². The van der Waals surface area contributed by atoms with Gasteiger partial charge in [-0.15, -0.1) is 0 Å². The number of nitrogens with two attached hydrogens (primary N) is 1. The minimum atomic E-state index is -0.207. The summed E-state index contributed by atoms with van der Waals surface area (Å²) >= 11 is 0. The number of carbonyl (C=O) groups is 2. The average molecular weight is 348 g/mol. The number of nitrogen functional groups attached to an aromatic ring is 1. The normalized spacial score (nSPS) is 16.5. The van der Waals surface area contributed by atoms with Gasteiger partial charge in [0, 0.05) is 52.1 Å². The van der Waals surface area contributed by atoms with Crippen molar-refractivity contribution < 1.29 is 14.3 Å². The predicted molar refractivity (Wildman–Crippen MR) is 97.3 cm³/mol. The summed E-state index contributed by atoms with van der Waals surface area (Å²) in [6, 6.07) is 6.91. The fraction of sp³-hybridized carbons (Fsp3) is 0.556. The van der Waals surface area contributed by atoms with Crippen LogP contribution < -0.4 is 11.1 Å². The molecule has 1 aromatic carbocycles. The van der Waals surface area contributed by atoms with Gasteiger partial charge in [0.05, 0.1) is 11.6 Å². The van der Waals surface area contributed by atoms with Crippen LogP contribution in [0.1, 0.15) is 23.7 Å². The van der Waals surface area contributed by atoms with Gasteiger partial charge < -0.3 is 20.7 Å². The zero-order valence-electron chi connectivity index (χ0n) is 15.0. The summed E-state index contributed by atoms with van der Waals surface area (Å²) in [5, 5.41) is 2.92. The van der Waals surface area contributed by atoms with Crippen LogP contribution in [0.4, 0.5) is 5.69 Å². The first-order valence-electron chi connectivity index (χ1n) is 8.69. The molecule has 1 unspecified atom stereocenters. The zero-order chi connectivity index (χ0) is 18.2. The number of para-hydroxylation sites is 1. The van der Waals surface area contributed by atoms with Gasteiger partial charge in [-0.2, -0.15) is 0 Å². The van der Waals surface area contributed by atoms with Crippen LogP contribution in [0.2, 0.25) is 0 Å². The molecule has 1 fully saturated rings. The summed E-state index contributed by atoms with van der Waals surface area (Å²) < 4.78 is 4.97. The Morgan fingerprint density at radius 1 is 1.24 bits per heavy atom. The Bertz CT molecular complexity index is 585. The third-order valence-corrected chi connectivity index (χ3v) is 4.54. The highest BCUT2D eigenvalue weighted by Crippen LogP contribution is 2.15. The average Bonchev–Trinajstić information content (AvgIpc) is 2.64. The van der Waals surface area contributed by atoms with E-state index < -0.39 is 0 Å². The number of nitrogens with one attached hydrogen (secondary N) is 1. The third kappa shape index (κ3) is 5.17. The van der Waals surface area contributed by atoms with Gasteiger partial charge in [0.2, 0.25) is 5.91 Å². The SMILES string of the molecule is COCCCNC(=O)C(C)N1CCN(C(=O)c2ccccc2N)CC1. The molecule has 0 spiro atoms. The summed E-state index contributed by atoms with van der Waals surface area (Å²) in [5.74, 6) is -0.0300. The Kier molecular flexibility index (Phi) is 7.21. The Morgan fingerprint density at radius 2 is 1.92 bits per heavy atom. The Morgan fingerprint density at radius 3 is 2.56 bits per heavy atom. The number of nitrogens with zero attached hydrogens (tertiary/aromatic N) is 2. The van der Waals surface area contributed by atoms with Crippen molar-refractivity contribution in [1.29, 1.82) is 0 Å². The maximum Gasteiger partial charge on any atom is 0.256 e. The van der Waals surface area contributed by atoms with E-state index in [1.165, 1.54) is 0 Å². The van der Waals surface area contributed by atoms with Crippen molar-refractivity contribution in [2.45, 2.75) is 19.4 Å². The highest BCUT2D eigenvalue weighted by atomic mass is 16.5. The minimum Gasteiger partial charge on any atom is -0.398 e. The van der Waals surface area contributed by atoms with Crippen molar-refractivity contribution in [2.75, 3.05) is 52.2 Å². The molecular weight excluding hydrogens is 320 g/mol. The lowest BCUT2D eigenvalue weighted by Crippen LogP contribution is -2.55. The van der Waals surface area contributed by atoms with Crippen LogP contribution in [0.5, 0.6) is 0 Å². The molecule has 3 N–H and O–H groups in total. The first-order chi connectivity index (χ1) is 12.0. The van der Waals surface area contributed by atoms with Crippen LogP contribution in [0.15, 0.2) is 24.3 Å². The van der Waals surface area contributed by atoms with Crippen LogP contribution in [0, 0.1) is 0 Å². The number of benzene rings is 1. The minimum absolute atomic E-state index is 0.0168. The molecule has 25 heavy (non-hydrogen) atoms. The van der Waals surface area contributed by atoms with Gasteiger partial charge in [-0.05, 0) is 25.5 Å². The molecule has 0 saturated carbocycles. The second-order valence-corrected chi connectivity index (χ2v) is 6.23. The molecule has 1 aliphatic rings. The molecule has 2 rings (SSSR count). The Labute approximate surface area is 149 Å². The number of piperazine rings is 1. The van der Waals surface area contributed by atoms with Gasteiger partial charge in [-0.3, -0.25) is 14.5 Å². The summed E-state index contributed by atoms with van der Waals surface area (Å²) in [6.45, 7) is 5.68. The fourth-order valence-electron chi connectivity index (χ4n) is 2.92. The smallest absolute Gasteiger partial charge is 0.256 e. The maximum atomic E-state index is 12.6. The van der Waals surface area contributed by atoms with E-state index in [4.69, 9.17) is 10.5 Å². The standard InChI is InChI=1S/C18H28N4O3/c1-14(17(23)20-8-5-13-25-2)21-9-11-22(12-10-21)18(24)15-6-3-4-7-16(15)19/h3-4,6-7,14H,5,8-13,19H2,1-2H3,(H,20,23). The monoisotopic (exact) mass is 348 g/mol. The van der Waals surface area contributed by atoms with Gasteiger partial charge in [0.15, 0.2) is 0 Å². The Hall–Kier alpha value is -2.12. The zero-order valence-corrected chi connectivity index (χ0v) is 15.0. The van der Waals surface area contributed by atoms with Crippen LogP contribution in [-0.4, -0.2) is 74.1 Å². The molecule has 1 saturated heterocycles. The molecule has 1 heterocycles. The third-order valence-electron chi connectivity index (χ3n) is 4.54. The maximum absolute atomic E-state index is 12.6. The van der Waals surface area contributed by atoms with Gasteiger partial charge in [-0.1, -0.05) is 12.1 Å². The topological polar surface area (TPSA) is 87.9 Å². The number of hydrogen-bond donors (Lipinski definition) is 2. The van der Waals surface area contributed by atoms with Crippen molar-refractivity contribution in [2.24, 2.45) is 0 Å². The van der Waals surface area contributed by atoms with Crippen molar-refractivity contribution in [3.05, 3.63) is 29.8 Å². The van der Waals surface area contributed by atoms with Crippen LogP contribution in [0.25, 0.3) is 0 Å². The fourth-order valence-corrected chi connectivity index (χ4v) is 2.92. The predicted octanol–water partition coefficient (Wildman–Crippen LogP) is 0.568. The lowest BCUT2D eigenvalue weighted by molar-refractivity contribution is -0.126. The highest BCUT2D eigenvalue weighted by Gasteiger charge is 2.28. The molecule has 7 nitrogen and oxygen atoms in total. The number of anilines is 1. The van der Waals surface area contributed by atoms with E-state index in [-0.39, 0.29) is 17.9 Å². The number of carbonyl (C=O) groups excluding carboxylic acids is 2. The molecule has 0 aliphatic carbocycles. The summed E-state index contributed by atoms with van der Waals surface area (Å²) in [5.41, 5.74) is 6.93. The van der Waals surface area contributed by atoms with E-state index in [2.05, 4.69) is 10.2 Å². The molecule has 7 heteroatoms. The van der Waals surface area contributed by atoms with Crippen LogP contribution in [0.3, 0.4) is 0 Å². The number of methoxy groups -OCH3 is 1. The second-order valence-electron chi connectivity index (χ2n) is 6.23. The molecule has 2 amide bonds. The van der Waals surface area contributed by atoms with Crippen LogP contribution >= 0.6 is 0 Å². The molecule has 0 radical (unpaired) electrons. The molecule has 1 aromatic rings. The summed E-state index contributed by atoms with van der Waals surface area (Å²) in [4.78, 5) is 28.7. The molecule has 138 valence electrons. The highest BCUT2D eigenvalue weighted by molar-refractivity contribution is 5.99. The molecule has 0 aromatic heterocycles. The first kappa shape index (κ1) is 19.2. The lowest BCUT2D eigenvalue weighted by Gasteiger charge is -2.37. The van der Waals surface area contributed by atoms with E-state index in [0.29, 0.717) is 50.6 Å². The Balaban J connectivity index is 1.81.